The lowest BCUT2D eigenvalue weighted by atomic mass is 10.1. The number of anilines is 1. The van der Waals surface area contributed by atoms with Crippen molar-refractivity contribution in [1.82, 2.24) is 15.3 Å². The van der Waals surface area contributed by atoms with Crippen molar-refractivity contribution in [2.24, 2.45) is 0 Å². The molecule has 1 N–H and O–H groups in total. The van der Waals surface area contributed by atoms with Crippen molar-refractivity contribution in [3.63, 3.8) is 0 Å². The van der Waals surface area contributed by atoms with Gasteiger partial charge >= 0.3 is 0 Å². The third-order valence-electron chi connectivity index (χ3n) is 3.66. The summed E-state index contributed by atoms with van der Waals surface area (Å²) in [5.74, 6) is 1.73. The molecule has 1 aromatic heterocycles. The van der Waals surface area contributed by atoms with Gasteiger partial charge in [0, 0.05) is 44.4 Å². The minimum absolute atomic E-state index is 0.756. The lowest BCUT2D eigenvalue weighted by molar-refractivity contribution is 0.410. The number of ether oxygens (including phenoxy) is 1. The molecule has 2 aromatic rings. The maximum Gasteiger partial charge on any atom is 0.225 e. The topological polar surface area (TPSA) is 50.3 Å². The van der Waals surface area contributed by atoms with Gasteiger partial charge in [-0.2, -0.15) is 0 Å². The summed E-state index contributed by atoms with van der Waals surface area (Å²) in [5, 5.41) is 3.34. The molecule has 1 aliphatic heterocycles. The van der Waals surface area contributed by atoms with Gasteiger partial charge in [-0.05, 0) is 12.1 Å². The minimum atomic E-state index is 0.756. The molecule has 1 saturated heterocycles. The Morgan fingerprint density at radius 3 is 2.81 bits per heavy atom. The Labute approximate surface area is 125 Å². The molecular formula is C16H20N4O. The Kier molecular flexibility index (Phi) is 4.31. The quantitative estimate of drug-likeness (QED) is 0.922. The van der Waals surface area contributed by atoms with E-state index in [9.17, 15) is 0 Å². The number of methoxy groups -OCH3 is 1. The molecule has 1 aliphatic rings. The van der Waals surface area contributed by atoms with Crippen molar-refractivity contribution >= 4 is 5.95 Å². The molecule has 0 saturated carbocycles. The van der Waals surface area contributed by atoms with Gasteiger partial charge in [0.25, 0.3) is 0 Å². The summed E-state index contributed by atoms with van der Waals surface area (Å²) in [6, 6.07) is 10.0. The number of aromatic nitrogens is 2. The SMILES string of the molecule is COc1ccccc1Cc1ccnc(N2CCNCC2)n1. The van der Waals surface area contributed by atoms with Gasteiger partial charge in [-0.1, -0.05) is 18.2 Å². The smallest absolute Gasteiger partial charge is 0.225 e. The molecule has 0 spiro atoms. The molecule has 0 unspecified atom stereocenters. The van der Waals surface area contributed by atoms with Crippen molar-refractivity contribution < 1.29 is 4.74 Å². The predicted octanol–water partition coefficient (Wildman–Crippen LogP) is 1.49. The summed E-state index contributed by atoms with van der Waals surface area (Å²) >= 11 is 0. The Balaban J connectivity index is 1.79. The summed E-state index contributed by atoms with van der Waals surface area (Å²) in [4.78, 5) is 11.3. The number of rotatable bonds is 4. The van der Waals surface area contributed by atoms with Crippen LogP contribution in [0.3, 0.4) is 0 Å². The molecule has 21 heavy (non-hydrogen) atoms. The second-order valence-corrected chi connectivity index (χ2v) is 5.07. The van der Waals surface area contributed by atoms with Gasteiger partial charge in [-0.25, -0.2) is 9.97 Å². The van der Waals surface area contributed by atoms with Gasteiger partial charge in [0.2, 0.25) is 5.95 Å². The van der Waals surface area contributed by atoms with Crippen LogP contribution in [0.4, 0.5) is 5.95 Å². The van der Waals surface area contributed by atoms with Gasteiger partial charge in [0.15, 0.2) is 0 Å². The first-order valence-electron chi connectivity index (χ1n) is 7.26. The van der Waals surface area contributed by atoms with Gasteiger partial charge in [0.05, 0.1) is 12.8 Å². The van der Waals surface area contributed by atoms with Crippen molar-refractivity contribution in [3.8, 4) is 5.75 Å². The molecule has 5 nitrogen and oxygen atoms in total. The summed E-state index contributed by atoms with van der Waals surface area (Å²) in [6.07, 6.45) is 2.60. The zero-order valence-corrected chi connectivity index (χ0v) is 12.2. The number of piperazine rings is 1. The van der Waals surface area contributed by atoms with Crippen LogP contribution < -0.4 is 15.0 Å². The van der Waals surface area contributed by atoms with E-state index >= 15 is 0 Å². The van der Waals surface area contributed by atoms with Crippen LogP contribution in [0.15, 0.2) is 36.5 Å². The zero-order chi connectivity index (χ0) is 14.5. The summed E-state index contributed by atoms with van der Waals surface area (Å²) in [5.41, 5.74) is 2.16. The maximum atomic E-state index is 5.40. The standard InChI is InChI=1S/C16H20N4O/c1-21-15-5-3-2-4-13(15)12-14-6-7-18-16(19-14)20-10-8-17-9-11-20/h2-7,17H,8-12H2,1H3. The minimum Gasteiger partial charge on any atom is -0.496 e. The Hall–Kier alpha value is -2.14. The monoisotopic (exact) mass is 284 g/mol. The van der Waals surface area contributed by atoms with E-state index in [1.54, 1.807) is 7.11 Å². The van der Waals surface area contributed by atoms with Crippen LogP contribution in [-0.4, -0.2) is 43.3 Å². The fourth-order valence-electron chi connectivity index (χ4n) is 2.54. The molecule has 0 aliphatic carbocycles. The predicted molar refractivity (Wildman–Crippen MR) is 82.9 cm³/mol. The Morgan fingerprint density at radius 2 is 2.00 bits per heavy atom. The van der Waals surface area contributed by atoms with Crippen LogP contribution in [0.5, 0.6) is 5.75 Å². The Bertz CT molecular complexity index is 596. The van der Waals surface area contributed by atoms with Crippen molar-refractivity contribution in [1.29, 1.82) is 0 Å². The number of para-hydroxylation sites is 1. The first kappa shape index (κ1) is 13.8. The third kappa shape index (κ3) is 3.31. The molecule has 0 radical (unpaired) electrons. The molecule has 0 bridgehead atoms. The largest absolute Gasteiger partial charge is 0.496 e. The van der Waals surface area contributed by atoms with Crippen LogP contribution in [0.25, 0.3) is 0 Å². The average molecular weight is 284 g/mol. The van der Waals surface area contributed by atoms with Gasteiger partial charge in [0.1, 0.15) is 5.75 Å². The van der Waals surface area contributed by atoms with Crippen LogP contribution in [0.2, 0.25) is 0 Å². The van der Waals surface area contributed by atoms with Gasteiger partial charge < -0.3 is 15.0 Å². The highest BCUT2D eigenvalue weighted by atomic mass is 16.5. The van der Waals surface area contributed by atoms with Crippen molar-refractivity contribution in [2.45, 2.75) is 6.42 Å². The lowest BCUT2D eigenvalue weighted by Gasteiger charge is -2.27. The fourth-order valence-corrected chi connectivity index (χ4v) is 2.54. The van der Waals surface area contributed by atoms with Crippen molar-refractivity contribution in [3.05, 3.63) is 47.8 Å². The second kappa shape index (κ2) is 6.54. The average Bonchev–Trinajstić information content (AvgIpc) is 2.56. The van der Waals surface area contributed by atoms with Gasteiger partial charge in [-0.3, -0.25) is 0 Å². The van der Waals surface area contributed by atoms with E-state index in [0.29, 0.717) is 0 Å². The number of hydrogen-bond acceptors (Lipinski definition) is 5. The molecule has 110 valence electrons. The maximum absolute atomic E-state index is 5.40. The molecule has 0 amide bonds. The number of nitrogens with zero attached hydrogens (tertiary/aromatic N) is 3. The van der Waals surface area contributed by atoms with E-state index in [-0.39, 0.29) is 0 Å². The van der Waals surface area contributed by atoms with Crippen LogP contribution >= 0.6 is 0 Å². The van der Waals surface area contributed by atoms with E-state index in [4.69, 9.17) is 9.72 Å². The number of nitrogens with one attached hydrogen (secondary N) is 1. The van der Waals surface area contributed by atoms with E-state index in [1.807, 2.05) is 30.5 Å². The van der Waals surface area contributed by atoms with E-state index < -0.39 is 0 Å². The van der Waals surface area contributed by atoms with Crippen LogP contribution in [0.1, 0.15) is 11.3 Å². The summed E-state index contributed by atoms with van der Waals surface area (Å²) in [6.45, 7) is 3.89. The number of benzene rings is 1. The molecule has 3 rings (SSSR count). The number of hydrogen-bond donors (Lipinski definition) is 1. The van der Waals surface area contributed by atoms with Crippen molar-refractivity contribution in [2.75, 3.05) is 38.2 Å². The lowest BCUT2D eigenvalue weighted by Crippen LogP contribution is -2.44. The highest BCUT2D eigenvalue weighted by Crippen LogP contribution is 2.20. The molecule has 5 heteroatoms. The normalized spacial score (nSPS) is 15.0. The highest BCUT2D eigenvalue weighted by Gasteiger charge is 2.13. The second-order valence-electron chi connectivity index (χ2n) is 5.07. The first-order valence-corrected chi connectivity index (χ1v) is 7.26. The van der Waals surface area contributed by atoms with Crippen LogP contribution in [-0.2, 0) is 6.42 Å². The van der Waals surface area contributed by atoms with E-state index in [1.165, 1.54) is 0 Å². The molecule has 1 aromatic carbocycles. The molecule has 2 heterocycles. The fraction of sp³-hybridized carbons (Fsp3) is 0.375. The highest BCUT2D eigenvalue weighted by molar-refractivity contribution is 5.38. The Morgan fingerprint density at radius 1 is 1.19 bits per heavy atom. The van der Waals surface area contributed by atoms with Gasteiger partial charge in [-0.15, -0.1) is 0 Å². The molecule has 1 fully saturated rings. The summed E-state index contributed by atoms with van der Waals surface area (Å²) < 4.78 is 5.40. The van der Waals surface area contributed by atoms with E-state index in [2.05, 4.69) is 21.3 Å². The molecule has 0 atom stereocenters. The molecular weight excluding hydrogens is 264 g/mol. The van der Waals surface area contributed by atoms with E-state index in [0.717, 1.165) is 55.6 Å². The van der Waals surface area contributed by atoms with Crippen LogP contribution in [0, 0.1) is 0 Å². The zero-order valence-electron chi connectivity index (χ0n) is 12.2. The first-order chi connectivity index (χ1) is 10.4. The summed E-state index contributed by atoms with van der Waals surface area (Å²) in [7, 11) is 1.70. The third-order valence-corrected chi connectivity index (χ3v) is 3.66.